The molecule has 0 aliphatic carbocycles. The zero-order valence-corrected chi connectivity index (χ0v) is 15.1. The van der Waals surface area contributed by atoms with Crippen molar-refractivity contribution in [2.75, 3.05) is 31.1 Å². The lowest BCUT2D eigenvalue weighted by Crippen LogP contribution is -2.52. The minimum absolute atomic E-state index is 0.154. The highest BCUT2D eigenvalue weighted by Crippen LogP contribution is 2.30. The van der Waals surface area contributed by atoms with Crippen LogP contribution in [-0.4, -0.2) is 52.4 Å². The second kappa shape index (κ2) is 7.11. The van der Waals surface area contributed by atoms with E-state index in [1.807, 2.05) is 17.8 Å². The van der Waals surface area contributed by atoms with Crippen LogP contribution in [0.15, 0.2) is 36.7 Å². The summed E-state index contributed by atoms with van der Waals surface area (Å²) in [4.78, 5) is 33.8. The minimum Gasteiger partial charge on any atom is -0.336 e. The molecule has 4 rings (SSSR count). The van der Waals surface area contributed by atoms with E-state index < -0.39 is 5.92 Å². The van der Waals surface area contributed by atoms with Gasteiger partial charge in [0.25, 0.3) is 0 Å². The molecule has 7 nitrogen and oxygen atoms in total. The van der Waals surface area contributed by atoms with Gasteiger partial charge < -0.3 is 19.7 Å². The molecular weight excluding hydrogens is 349 g/mol. The average molecular weight is 371 g/mol. The van der Waals surface area contributed by atoms with Crippen LogP contribution >= 0.6 is 0 Å². The first kappa shape index (κ1) is 17.7. The summed E-state index contributed by atoms with van der Waals surface area (Å²) in [6, 6.07) is 5.60. The van der Waals surface area contributed by atoms with Gasteiger partial charge in [0.15, 0.2) is 0 Å². The number of amides is 2. The summed E-state index contributed by atoms with van der Waals surface area (Å²) in [6.45, 7) is 2.30. The van der Waals surface area contributed by atoms with Crippen LogP contribution in [0, 0.1) is 11.7 Å². The van der Waals surface area contributed by atoms with Gasteiger partial charge in [0.05, 0.1) is 0 Å². The van der Waals surface area contributed by atoms with Crippen molar-refractivity contribution >= 4 is 17.5 Å². The maximum Gasteiger partial charge on any atom is 0.239 e. The van der Waals surface area contributed by atoms with Crippen LogP contribution in [-0.2, 0) is 16.6 Å². The van der Waals surface area contributed by atoms with Crippen molar-refractivity contribution in [2.24, 2.45) is 13.0 Å². The van der Waals surface area contributed by atoms with Gasteiger partial charge in [-0.2, -0.15) is 0 Å². The fourth-order valence-electron chi connectivity index (χ4n) is 3.88. The summed E-state index contributed by atoms with van der Waals surface area (Å²) in [5.41, 5.74) is 0.623. The number of halogens is 1. The van der Waals surface area contributed by atoms with E-state index in [1.54, 1.807) is 28.1 Å². The van der Waals surface area contributed by atoms with Gasteiger partial charge in [-0.15, -0.1) is 0 Å². The molecule has 2 unspecified atom stereocenters. The highest BCUT2D eigenvalue weighted by Gasteiger charge is 2.42. The first-order valence-corrected chi connectivity index (χ1v) is 9.11. The van der Waals surface area contributed by atoms with Crippen LogP contribution in [0.1, 0.15) is 18.3 Å². The molecule has 2 amide bonds. The molecule has 0 radical (unpaired) electrons. The number of nitrogens with zero attached hydrogens (tertiary/aromatic N) is 4. The summed E-state index contributed by atoms with van der Waals surface area (Å²) in [7, 11) is 1.90. The van der Waals surface area contributed by atoms with Crippen molar-refractivity contribution in [3.05, 3.63) is 48.3 Å². The Hall–Kier alpha value is -2.74. The molecule has 2 saturated heterocycles. The number of rotatable bonds is 3. The van der Waals surface area contributed by atoms with Gasteiger partial charge >= 0.3 is 0 Å². The second-order valence-corrected chi connectivity index (χ2v) is 6.96. The lowest BCUT2D eigenvalue weighted by atomic mass is 10.0. The van der Waals surface area contributed by atoms with Gasteiger partial charge in [-0.1, -0.05) is 0 Å². The number of carbonyl (C=O) groups is 2. The van der Waals surface area contributed by atoms with Gasteiger partial charge in [0.1, 0.15) is 23.6 Å². The molecule has 2 aliphatic rings. The lowest BCUT2D eigenvalue weighted by molar-refractivity contribution is -0.142. The molecule has 2 atom stereocenters. The standard InChI is InChI=1S/C19H22FN5O2/c1-23-10-8-22-17(23)16-12-21-7-11-25(16)19(27)15-6-9-24(18(15)26)14-4-2-13(20)3-5-14/h2-5,8,10,15-16,21H,6-7,9,11-12H2,1H3. The Balaban J connectivity index is 1.54. The highest BCUT2D eigenvalue weighted by atomic mass is 19.1. The Kier molecular flexibility index (Phi) is 4.65. The average Bonchev–Trinajstić information content (AvgIpc) is 3.27. The number of hydrogen-bond donors (Lipinski definition) is 1. The Morgan fingerprint density at radius 2 is 2.04 bits per heavy atom. The Morgan fingerprint density at radius 3 is 2.74 bits per heavy atom. The minimum atomic E-state index is -0.698. The molecule has 27 heavy (non-hydrogen) atoms. The summed E-state index contributed by atoms with van der Waals surface area (Å²) < 4.78 is 15.1. The quantitative estimate of drug-likeness (QED) is 0.820. The summed E-state index contributed by atoms with van der Waals surface area (Å²) in [5.74, 6) is -0.619. The fraction of sp³-hybridized carbons (Fsp3) is 0.421. The third-order valence-electron chi connectivity index (χ3n) is 5.32. The lowest BCUT2D eigenvalue weighted by Gasteiger charge is -2.37. The molecule has 0 spiro atoms. The van der Waals surface area contributed by atoms with Crippen LogP contribution in [0.25, 0.3) is 0 Å². The summed E-state index contributed by atoms with van der Waals surface area (Å²) in [6.07, 6.45) is 4.03. The zero-order valence-electron chi connectivity index (χ0n) is 15.1. The molecule has 2 aromatic rings. The first-order valence-electron chi connectivity index (χ1n) is 9.11. The van der Waals surface area contributed by atoms with Crippen LogP contribution in [0.3, 0.4) is 0 Å². The number of hydrogen-bond acceptors (Lipinski definition) is 4. The number of anilines is 1. The van der Waals surface area contributed by atoms with Crippen molar-refractivity contribution in [3.8, 4) is 0 Å². The second-order valence-electron chi connectivity index (χ2n) is 6.96. The summed E-state index contributed by atoms with van der Waals surface area (Å²) in [5, 5.41) is 3.30. The van der Waals surface area contributed by atoms with Crippen LogP contribution in [0.2, 0.25) is 0 Å². The van der Waals surface area contributed by atoms with Crippen LogP contribution < -0.4 is 10.2 Å². The molecule has 8 heteroatoms. The van der Waals surface area contributed by atoms with Gasteiger partial charge in [-0.3, -0.25) is 9.59 Å². The number of nitrogens with one attached hydrogen (secondary N) is 1. The van der Waals surface area contributed by atoms with Gasteiger partial charge in [-0.05, 0) is 30.7 Å². The number of aryl methyl sites for hydroxylation is 1. The van der Waals surface area contributed by atoms with E-state index in [9.17, 15) is 14.0 Å². The van der Waals surface area contributed by atoms with Gasteiger partial charge in [0.2, 0.25) is 11.8 Å². The van der Waals surface area contributed by atoms with E-state index >= 15 is 0 Å². The zero-order chi connectivity index (χ0) is 19.0. The Labute approximate surface area is 156 Å². The van der Waals surface area contributed by atoms with Crippen molar-refractivity contribution in [2.45, 2.75) is 12.5 Å². The van der Waals surface area contributed by atoms with Crippen molar-refractivity contribution in [1.82, 2.24) is 19.8 Å². The first-order chi connectivity index (χ1) is 13.1. The monoisotopic (exact) mass is 371 g/mol. The molecule has 0 saturated carbocycles. The van der Waals surface area contributed by atoms with Crippen LogP contribution in [0.4, 0.5) is 10.1 Å². The number of carbonyl (C=O) groups excluding carboxylic acids is 2. The largest absolute Gasteiger partial charge is 0.336 e. The van der Waals surface area contributed by atoms with E-state index in [0.717, 1.165) is 5.82 Å². The van der Waals surface area contributed by atoms with Gasteiger partial charge in [-0.25, -0.2) is 9.37 Å². The molecule has 2 fully saturated rings. The number of imidazole rings is 1. The predicted molar refractivity (Wildman–Crippen MR) is 97.4 cm³/mol. The van der Waals surface area contributed by atoms with Crippen molar-refractivity contribution in [3.63, 3.8) is 0 Å². The maximum absolute atomic E-state index is 13.2. The van der Waals surface area contributed by atoms with E-state index in [-0.39, 0.29) is 23.7 Å². The smallest absolute Gasteiger partial charge is 0.239 e. The molecule has 1 aromatic heterocycles. The van der Waals surface area contributed by atoms with E-state index in [4.69, 9.17) is 0 Å². The molecule has 1 aromatic carbocycles. The Bertz CT molecular complexity index is 850. The fourth-order valence-corrected chi connectivity index (χ4v) is 3.88. The number of aromatic nitrogens is 2. The van der Waals surface area contributed by atoms with E-state index in [0.29, 0.717) is 38.3 Å². The van der Waals surface area contributed by atoms with E-state index in [1.165, 1.54) is 12.1 Å². The number of benzene rings is 1. The highest BCUT2D eigenvalue weighted by molar-refractivity contribution is 6.09. The number of piperazine rings is 1. The van der Waals surface area contributed by atoms with Gasteiger partial charge in [0, 0.05) is 51.3 Å². The topological polar surface area (TPSA) is 70.5 Å². The van der Waals surface area contributed by atoms with Crippen molar-refractivity contribution in [1.29, 1.82) is 0 Å². The molecule has 3 heterocycles. The molecule has 0 bridgehead atoms. The molecule has 2 aliphatic heterocycles. The predicted octanol–water partition coefficient (Wildman–Crippen LogP) is 1.09. The molecule has 1 N–H and O–H groups in total. The molecular formula is C19H22FN5O2. The third kappa shape index (κ3) is 3.21. The Morgan fingerprint density at radius 1 is 1.26 bits per heavy atom. The third-order valence-corrected chi connectivity index (χ3v) is 5.32. The SMILES string of the molecule is Cn1ccnc1C1CNCCN1C(=O)C1CCN(c2ccc(F)cc2)C1=O. The molecule has 142 valence electrons. The normalized spacial score (nSPS) is 23.1. The maximum atomic E-state index is 13.2. The van der Waals surface area contributed by atoms with Crippen molar-refractivity contribution < 1.29 is 14.0 Å². The summed E-state index contributed by atoms with van der Waals surface area (Å²) >= 11 is 0. The van der Waals surface area contributed by atoms with Crippen LogP contribution in [0.5, 0.6) is 0 Å². The van der Waals surface area contributed by atoms with E-state index in [2.05, 4.69) is 10.3 Å².